The normalized spacial score (nSPS) is 19.7. The molecule has 9 heteroatoms. The van der Waals surface area contributed by atoms with Crippen molar-refractivity contribution >= 4 is 33.6 Å². The van der Waals surface area contributed by atoms with Crippen molar-refractivity contribution in [1.82, 2.24) is 14.3 Å². The number of nitrogens with one attached hydrogen (secondary N) is 1. The quantitative estimate of drug-likeness (QED) is 0.643. The molecule has 2 aromatic heterocycles. The van der Waals surface area contributed by atoms with Crippen molar-refractivity contribution < 1.29 is 18.1 Å². The van der Waals surface area contributed by atoms with E-state index in [2.05, 4.69) is 9.97 Å². The molecule has 0 atom stereocenters. The first kappa shape index (κ1) is 16.9. The number of fused-ring (bicyclic) bond motifs is 4. The lowest BCUT2D eigenvalue weighted by molar-refractivity contribution is 0.0134. The molecule has 0 aliphatic carbocycles. The molecule has 3 aromatic rings. The lowest BCUT2D eigenvalue weighted by atomic mass is 9.76. The molecule has 1 aromatic carbocycles. The van der Waals surface area contributed by atoms with Crippen LogP contribution in [0.5, 0.6) is 0 Å². The summed E-state index contributed by atoms with van der Waals surface area (Å²) < 4.78 is 33.3. The van der Waals surface area contributed by atoms with E-state index in [1.165, 1.54) is 4.31 Å². The largest absolute Gasteiger partial charge is 0.493 e. The zero-order valence-corrected chi connectivity index (χ0v) is 15.3. The highest BCUT2D eigenvalue weighted by Crippen LogP contribution is 2.43. The summed E-state index contributed by atoms with van der Waals surface area (Å²) in [5.41, 5.74) is 1.64. The van der Waals surface area contributed by atoms with E-state index >= 15 is 0 Å². The second kappa shape index (κ2) is 5.90. The van der Waals surface area contributed by atoms with Crippen molar-refractivity contribution in [2.45, 2.75) is 23.3 Å². The summed E-state index contributed by atoms with van der Waals surface area (Å²) in [5.74, 6) is 0. The van der Waals surface area contributed by atoms with Crippen molar-refractivity contribution in [1.29, 1.82) is 0 Å². The van der Waals surface area contributed by atoms with Crippen molar-refractivity contribution in [3.05, 3.63) is 54.4 Å². The lowest BCUT2D eigenvalue weighted by Crippen LogP contribution is -2.45. The number of H-pyrrole nitrogens is 1. The Hall–Kier alpha value is -2.20. The highest BCUT2D eigenvalue weighted by atomic mass is 32.2. The van der Waals surface area contributed by atoms with E-state index in [0.717, 1.165) is 16.6 Å². The Morgan fingerprint density at radius 2 is 1.93 bits per heavy atom. The summed E-state index contributed by atoms with van der Waals surface area (Å²) in [6, 6.07) is 10.4. The van der Waals surface area contributed by atoms with Gasteiger partial charge in [-0.3, -0.25) is 0 Å². The number of aromatic nitrogens is 2. The standard InChI is InChI=1S/C18H18BN3O4S/c23-19-15-12-21-17-14(6-9-20-17)16(15)18(26-19)7-10-22(11-8-18)27(24,25)13-4-2-1-3-5-13/h1-6,9,12,23H,7-8,10-11H2,(H,20,21). The van der Waals surface area contributed by atoms with Gasteiger partial charge >= 0.3 is 7.12 Å². The highest BCUT2D eigenvalue weighted by Gasteiger charge is 2.51. The molecule has 2 N–H and O–H groups in total. The number of piperidine rings is 1. The molecule has 0 unspecified atom stereocenters. The van der Waals surface area contributed by atoms with E-state index in [9.17, 15) is 13.4 Å². The number of hydrogen-bond donors (Lipinski definition) is 2. The summed E-state index contributed by atoms with van der Waals surface area (Å²) in [4.78, 5) is 7.72. The molecule has 138 valence electrons. The van der Waals surface area contributed by atoms with Crippen molar-refractivity contribution in [2.24, 2.45) is 0 Å². The molecule has 0 amide bonds. The molecular formula is C18H18BN3O4S. The molecule has 5 rings (SSSR count). The third-order valence-electron chi connectivity index (χ3n) is 5.59. The van der Waals surface area contributed by atoms with Crippen LogP contribution in [0.25, 0.3) is 11.0 Å². The van der Waals surface area contributed by atoms with Gasteiger partial charge in [-0.1, -0.05) is 18.2 Å². The number of benzene rings is 1. The molecule has 0 saturated carbocycles. The van der Waals surface area contributed by atoms with Gasteiger partial charge in [0, 0.05) is 36.3 Å². The van der Waals surface area contributed by atoms with Gasteiger partial charge in [0.15, 0.2) is 0 Å². The smallest absolute Gasteiger partial charge is 0.423 e. The Morgan fingerprint density at radius 3 is 2.67 bits per heavy atom. The Bertz CT molecular complexity index is 1110. The zero-order valence-electron chi connectivity index (χ0n) is 14.5. The average Bonchev–Trinajstić information content (AvgIpc) is 3.26. The summed E-state index contributed by atoms with van der Waals surface area (Å²) in [6.45, 7) is 0.662. The van der Waals surface area contributed by atoms with Crippen LogP contribution in [0.15, 0.2) is 53.7 Å². The molecule has 1 spiro atoms. The van der Waals surface area contributed by atoms with Crippen LogP contribution in [0, 0.1) is 0 Å². The fourth-order valence-electron chi connectivity index (χ4n) is 4.25. The van der Waals surface area contributed by atoms with E-state index < -0.39 is 22.7 Å². The fraction of sp³-hybridized carbons (Fsp3) is 0.278. The number of sulfonamides is 1. The van der Waals surface area contributed by atoms with Crippen molar-refractivity contribution in [3.8, 4) is 0 Å². The van der Waals surface area contributed by atoms with Crippen LogP contribution >= 0.6 is 0 Å². The zero-order chi connectivity index (χ0) is 18.6. The molecule has 2 aliphatic rings. The van der Waals surface area contributed by atoms with Crippen LogP contribution in [0.4, 0.5) is 0 Å². The maximum atomic E-state index is 12.9. The Kier molecular flexibility index (Phi) is 3.70. The Morgan fingerprint density at radius 1 is 1.19 bits per heavy atom. The van der Waals surface area contributed by atoms with Gasteiger partial charge in [-0.25, -0.2) is 13.4 Å². The van der Waals surface area contributed by atoms with Gasteiger partial charge in [-0.05, 0) is 36.6 Å². The minimum absolute atomic E-state index is 0.297. The minimum atomic E-state index is -3.53. The third kappa shape index (κ3) is 2.46. The third-order valence-corrected chi connectivity index (χ3v) is 7.50. The Balaban J connectivity index is 1.49. The molecule has 7 nitrogen and oxygen atoms in total. The molecule has 27 heavy (non-hydrogen) atoms. The van der Waals surface area contributed by atoms with Crippen LogP contribution < -0.4 is 5.46 Å². The first-order chi connectivity index (χ1) is 13.0. The van der Waals surface area contributed by atoms with Gasteiger partial charge in [0.2, 0.25) is 10.0 Å². The van der Waals surface area contributed by atoms with Crippen LogP contribution in [0.2, 0.25) is 0 Å². The summed E-state index contributed by atoms with van der Waals surface area (Å²) in [5, 5.41) is 11.3. The van der Waals surface area contributed by atoms with Gasteiger partial charge in [-0.2, -0.15) is 4.31 Å². The van der Waals surface area contributed by atoms with Gasteiger partial charge in [0.25, 0.3) is 0 Å². The molecule has 0 radical (unpaired) electrons. The molecule has 4 heterocycles. The van der Waals surface area contributed by atoms with Crippen molar-refractivity contribution in [3.63, 3.8) is 0 Å². The monoisotopic (exact) mass is 383 g/mol. The predicted octanol–water partition coefficient (Wildman–Crippen LogP) is 0.961. The SMILES string of the molecule is O=S(=O)(c1ccccc1)N1CCC2(CC1)OB(O)c1cnc3[nH]ccc3c12. The number of aromatic amines is 1. The first-order valence-corrected chi connectivity index (χ1v) is 10.3. The number of hydrogen-bond acceptors (Lipinski definition) is 5. The molecule has 1 saturated heterocycles. The summed E-state index contributed by atoms with van der Waals surface area (Å²) in [6.07, 6.45) is 4.41. The molecule has 1 fully saturated rings. The summed E-state index contributed by atoms with van der Waals surface area (Å²) in [7, 11) is -4.57. The predicted molar refractivity (Wildman–Crippen MR) is 101 cm³/mol. The molecular weight excluding hydrogens is 365 g/mol. The fourth-order valence-corrected chi connectivity index (χ4v) is 5.71. The van der Waals surface area contributed by atoms with E-state index in [4.69, 9.17) is 4.65 Å². The van der Waals surface area contributed by atoms with Gasteiger partial charge in [0.05, 0.1) is 10.5 Å². The first-order valence-electron chi connectivity index (χ1n) is 8.89. The summed E-state index contributed by atoms with van der Waals surface area (Å²) >= 11 is 0. The van der Waals surface area contributed by atoms with Crippen molar-refractivity contribution in [2.75, 3.05) is 13.1 Å². The second-order valence-electron chi connectivity index (χ2n) is 7.01. The minimum Gasteiger partial charge on any atom is -0.423 e. The van der Waals surface area contributed by atoms with E-state index in [-0.39, 0.29) is 0 Å². The number of nitrogens with zero attached hydrogens (tertiary/aromatic N) is 2. The van der Waals surface area contributed by atoms with Gasteiger partial charge in [0.1, 0.15) is 5.65 Å². The highest BCUT2D eigenvalue weighted by molar-refractivity contribution is 7.89. The lowest BCUT2D eigenvalue weighted by Gasteiger charge is -2.39. The molecule has 2 aliphatic heterocycles. The maximum Gasteiger partial charge on any atom is 0.493 e. The van der Waals surface area contributed by atoms with Crippen LogP contribution in [0.3, 0.4) is 0 Å². The topological polar surface area (TPSA) is 95.5 Å². The van der Waals surface area contributed by atoms with E-state index in [1.54, 1.807) is 36.5 Å². The van der Waals surface area contributed by atoms with Crippen LogP contribution in [-0.4, -0.2) is 47.9 Å². The second-order valence-corrected chi connectivity index (χ2v) is 8.95. The molecule has 0 bridgehead atoms. The maximum absolute atomic E-state index is 12.9. The number of rotatable bonds is 2. The van der Waals surface area contributed by atoms with Crippen LogP contribution in [0.1, 0.15) is 18.4 Å². The number of pyridine rings is 1. The Labute approximate surface area is 157 Å². The average molecular weight is 383 g/mol. The van der Waals surface area contributed by atoms with E-state index in [1.807, 2.05) is 12.3 Å². The van der Waals surface area contributed by atoms with E-state index in [0.29, 0.717) is 36.3 Å². The van der Waals surface area contributed by atoms with Gasteiger partial charge < -0.3 is 14.7 Å². The van der Waals surface area contributed by atoms with Crippen LogP contribution in [-0.2, 0) is 20.3 Å². The van der Waals surface area contributed by atoms with Gasteiger partial charge in [-0.15, -0.1) is 0 Å².